The van der Waals surface area contributed by atoms with Crippen molar-refractivity contribution in [2.75, 3.05) is 25.2 Å². The molecule has 0 radical (unpaired) electrons. The lowest BCUT2D eigenvalue weighted by Gasteiger charge is -2.18. The Morgan fingerprint density at radius 1 is 0.949 bits per heavy atom. The molecule has 4 N–H and O–H groups in total. The van der Waals surface area contributed by atoms with E-state index in [1.54, 1.807) is 30.3 Å². The number of rotatable bonds is 11. The molecule has 3 aromatic carbocycles. The fourth-order valence-electron chi connectivity index (χ4n) is 3.25. The van der Waals surface area contributed by atoms with Crippen LogP contribution in [0.2, 0.25) is 0 Å². The number of hydrogen-bond acceptors (Lipinski definition) is 8. The van der Waals surface area contributed by atoms with Gasteiger partial charge in [0.05, 0.1) is 19.3 Å². The topological polar surface area (TPSA) is 123 Å². The lowest BCUT2D eigenvalue weighted by Crippen LogP contribution is -2.33. The monoisotopic (exact) mass is 548 g/mol. The first-order valence-electron chi connectivity index (χ1n) is 11.3. The molecule has 0 atom stereocenters. The molecule has 206 valence electrons. The highest BCUT2D eigenvalue weighted by atomic mass is 19.3. The number of benzene rings is 3. The van der Waals surface area contributed by atoms with Crippen molar-refractivity contribution in [3.8, 4) is 17.2 Å². The van der Waals surface area contributed by atoms with E-state index >= 15 is 0 Å². The van der Waals surface area contributed by atoms with Crippen molar-refractivity contribution in [1.82, 2.24) is 0 Å². The predicted molar refractivity (Wildman–Crippen MR) is 135 cm³/mol. The van der Waals surface area contributed by atoms with Crippen molar-refractivity contribution in [2.24, 2.45) is 0 Å². The number of anilines is 2. The molecule has 0 amide bonds. The summed E-state index contributed by atoms with van der Waals surface area (Å²) < 4.78 is 70.5. The molecule has 12 heteroatoms. The summed E-state index contributed by atoms with van der Waals surface area (Å²) in [6.45, 7) is 0.132. The maximum atomic E-state index is 13.2. The van der Waals surface area contributed by atoms with Gasteiger partial charge in [0.15, 0.2) is 11.5 Å². The zero-order valence-electron chi connectivity index (χ0n) is 20.5. The highest BCUT2D eigenvalue weighted by Gasteiger charge is 2.44. The van der Waals surface area contributed by atoms with Crippen LogP contribution in [0.1, 0.15) is 21.5 Å². The third-order valence-corrected chi connectivity index (χ3v) is 5.07. The summed E-state index contributed by atoms with van der Waals surface area (Å²) in [4.78, 5) is 24.4. The molecule has 0 heterocycles. The van der Waals surface area contributed by atoms with Crippen molar-refractivity contribution in [1.29, 1.82) is 0 Å². The summed E-state index contributed by atoms with van der Waals surface area (Å²) in [5, 5.41) is 0. The van der Waals surface area contributed by atoms with Crippen LogP contribution in [-0.2, 0) is 16.0 Å². The standard InChI is InChI=1S/C27H24F4N2O6/c1-36-23-14-18(5-8-22(23)39-27(30,31)26(28)29)25(35)38-21-6-2-16(3-7-21)4-9-24(34)37-11-10-17-12-19(32)15-20(33)13-17/h2-9,12-15,26H,10-11,32-33H2,1H3. The van der Waals surface area contributed by atoms with Crippen molar-refractivity contribution in [2.45, 2.75) is 19.0 Å². The lowest BCUT2D eigenvalue weighted by molar-refractivity contribution is -0.253. The molecule has 8 nitrogen and oxygen atoms in total. The minimum Gasteiger partial charge on any atom is -0.493 e. The van der Waals surface area contributed by atoms with Crippen LogP contribution in [-0.4, -0.2) is 38.2 Å². The van der Waals surface area contributed by atoms with Crippen LogP contribution >= 0.6 is 0 Å². The second-order valence-corrected chi connectivity index (χ2v) is 8.05. The van der Waals surface area contributed by atoms with Crippen molar-refractivity contribution >= 4 is 29.4 Å². The van der Waals surface area contributed by atoms with E-state index < -0.39 is 30.2 Å². The summed E-state index contributed by atoms with van der Waals surface area (Å²) in [7, 11) is 1.09. The van der Waals surface area contributed by atoms with Crippen LogP contribution in [0.25, 0.3) is 6.08 Å². The normalized spacial score (nSPS) is 11.4. The molecule has 0 aliphatic carbocycles. The van der Waals surface area contributed by atoms with Gasteiger partial charge < -0.3 is 30.4 Å². The van der Waals surface area contributed by atoms with Gasteiger partial charge in [-0.3, -0.25) is 0 Å². The van der Waals surface area contributed by atoms with Gasteiger partial charge in [-0.25, -0.2) is 9.59 Å². The number of halogens is 4. The number of alkyl halides is 4. The number of hydrogen-bond donors (Lipinski definition) is 2. The molecule has 0 aromatic heterocycles. The largest absolute Gasteiger partial charge is 0.493 e. The Hall–Kier alpha value is -4.74. The van der Waals surface area contributed by atoms with Gasteiger partial charge in [0.25, 0.3) is 0 Å². The molecule has 3 aromatic rings. The quantitative estimate of drug-likeness (QED) is 0.111. The van der Waals surface area contributed by atoms with E-state index in [1.807, 2.05) is 0 Å². The number of esters is 2. The average Bonchev–Trinajstić information content (AvgIpc) is 2.87. The van der Waals surface area contributed by atoms with Gasteiger partial charge in [0.2, 0.25) is 0 Å². The summed E-state index contributed by atoms with van der Waals surface area (Å²) in [6, 6.07) is 14.2. The summed E-state index contributed by atoms with van der Waals surface area (Å²) in [6.07, 6.45) is -5.61. The van der Waals surface area contributed by atoms with Crippen LogP contribution in [0.4, 0.5) is 28.9 Å². The maximum absolute atomic E-state index is 13.2. The molecule has 0 bridgehead atoms. The molecule has 0 aliphatic rings. The lowest BCUT2D eigenvalue weighted by atomic mass is 10.1. The van der Waals surface area contributed by atoms with Gasteiger partial charge in [-0.05, 0) is 65.7 Å². The van der Waals surface area contributed by atoms with Gasteiger partial charge in [0.1, 0.15) is 5.75 Å². The Balaban J connectivity index is 1.54. The van der Waals surface area contributed by atoms with Crippen molar-refractivity contribution in [3.63, 3.8) is 0 Å². The molecule has 0 spiro atoms. The Kier molecular flexibility index (Phi) is 9.37. The SMILES string of the molecule is COc1cc(C(=O)Oc2ccc(C=CC(=O)OCCc3cc(N)cc(N)c3)cc2)ccc1OC(F)(F)C(F)F. The summed E-state index contributed by atoms with van der Waals surface area (Å²) in [5.74, 6) is -2.33. The van der Waals surface area contributed by atoms with E-state index in [0.29, 0.717) is 23.4 Å². The molecule has 0 saturated carbocycles. The van der Waals surface area contributed by atoms with E-state index in [9.17, 15) is 27.2 Å². The Labute approximate surface area is 220 Å². The van der Waals surface area contributed by atoms with Crippen LogP contribution in [0.15, 0.2) is 66.7 Å². The van der Waals surface area contributed by atoms with Gasteiger partial charge in [-0.2, -0.15) is 17.6 Å². The number of carbonyl (C=O) groups excluding carboxylic acids is 2. The molecular weight excluding hydrogens is 524 g/mol. The molecule has 0 fully saturated rings. The first-order valence-corrected chi connectivity index (χ1v) is 11.3. The summed E-state index contributed by atoms with van der Waals surface area (Å²) in [5.41, 5.74) is 13.9. The van der Waals surface area contributed by atoms with Crippen molar-refractivity contribution in [3.05, 3.63) is 83.4 Å². The number of methoxy groups -OCH3 is 1. The molecule has 0 saturated heterocycles. The van der Waals surface area contributed by atoms with Crippen LogP contribution in [0.5, 0.6) is 17.2 Å². The van der Waals surface area contributed by atoms with Crippen molar-refractivity contribution < 1.29 is 46.1 Å². The first kappa shape index (κ1) is 28.8. The predicted octanol–water partition coefficient (Wildman–Crippen LogP) is 5.11. The third kappa shape index (κ3) is 8.38. The third-order valence-electron chi connectivity index (χ3n) is 5.07. The Morgan fingerprint density at radius 3 is 2.23 bits per heavy atom. The number of nitrogen functional groups attached to an aromatic ring is 2. The highest BCUT2D eigenvalue weighted by Crippen LogP contribution is 2.35. The van der Waals surface area contributed by atoms with Crippen LogP contribution in [0, 0.1) is 0 Å². The zero-order valence-corrected chi connectivity index (χ0v) is 20.5. The van der Waals surface area contributed by atoms with Gasteiger partial charge in [0, 0.05) is 23.9 Å². The minimum atomic E-state index is -4.74. The molecule has 0 aliphatic heterocycles. The smallest absolute Gasteiger partial charge is 0.461 e. The Morgan fingerprint density at radius 2 is 1.62 bits per heavy atom. The second-order valence-electron chi connectivity index (χ2n) is 8.05. The maximum Gasteiger partial charge on any atom is 0.461 e. The van der Waals surface area contributed by atoms with Crippen LogP contribution in [0.3, 0.4) is 0 Å². The van der Waals surface area contributed by atoms with Crippen LogP contribution < -0.4 is 25.7 Å². The van der Waals surface area contributed by atoms with E-state index in [4.69, 9.17) is 25.7 Å². The highest BCUT2D eigenvalue weighted by molar-refractivity contribution is 5.92. The zero-order chi connectivity index (χ0) is 28.6. The molecular formula is C27H24F4N2O6. The minimum absolute atomic E-state index is 0.104. The van der Waals surface area contributed by atoms with E-state index in [0.717, 1.165) is 30.9 Å². The fraction of sp³-hybridized carbons (Fsp3) is 0.185. The van der Waals surface area contributed by atoms with Gasteiger partial charge >= 0.3 is 24.5 Å². The molecule has 39 heavy (non-hydrogen) atoms. The van der Waals surface area contributed by atoms with Gasteiger partial charge in [-0.15, -0.1) is 0 Å². The molecule has 3 rings (SSSR count). The average molecular weight is 548 g/mol. The number of nitrogens with two attached hydrogens (primary N) is 2. The second kappa shape index (κ2) is 12.7. The first-order chi connectivity index (χ1) is 18.5. The van der Waals surface area contributed by atoms with E-state index in [-0.39, 0.29) is 23.7 Å². The Bertz CT molecular complexity index is 1330. The van der Waals surface area contributed by atoms with E-state index in [2.05, 4.69) is 4.74 Å². The number of ether oxygens (including phenoxy) is 4. The number of carbonyl (C=O) groups is 2. The molecule has 0 unspecified atom stereocenters. The fourth-order valence-corrected chi connectivity index (χ4v) is 3.25. The van der Waals surface area contributed by atoms with E-state index in [1.165, 1.54) is 24.3 Å². The summed E-state index contributed by atoms with van der Waals surface area (Å²) >= 11 is 0. The van der Waals surface area contributed by atoms with Gasteiger partial charge in [-0.1, -0.05) is 12.1 Å².